The Labute approximate surface area is 113 Å². The van der Waals surface area contributed by atoms with Crippen molar-refractivity contribution < 1.29 is 14.3 Å². The highest BCUT2D eigenvalue weighted by Gasteiger charge is 2.28. The van der Waals surface area contributed by atoms with Gasteiger partial charge in [0.1, 0.15) is 5.75 Å². The third kappa shape index (κ3) is 3.86. The summed E-state index contributed by atoms with van der Waals surface area (Å²) < 4.78 is 10.7. The SMILES string of the molecule is COC1CCCC1NC(=O)COc1cccc(N)c1. The molecular formula is C14H20N2O3. The van der Waals surface area contributed by atoms with E-state index < -0.39 is 0 Å². The van der Waals surface area contributed by atoms with E-state index in [0.29, 0.717) is 11.4 Å². The fourth-order valence-corrected chi connectivity index (χ4v) is 2.37. The molecule has 0 spiro atoms. The molecule has 1 amide bonds. The van der Waals surface area contributed by atoms with Crippen molar-refractivity contribution in [1.82, 2.24) is 5.32 Å². The van der Waals surface area contributed by atoms with Gasteiger partial charge in [-0.1, -0.05) is 6.07 Å². The maximum absolute atomic E-state index is 11.8. The van der Waals surface area contributed by atoms with Crippen molar-refractivity contribution in [2.75, 3.05) is 19.5 Å². The van der Waals surface area contributed by atoms with Gasteiger partial charge in [-0.2, -0.15) is 0 Å². The molecule has 1 aliphatic rings. The number of ether oxygens (including phenoxy) is 2. The van der Waals surface area contributed by atoms with E-state index in [-0.39, 0.29) is 24.7 Å². The minimum Gasteiger partial charge on any atom is -0.484 e. The van der Waals surface area contributed by atoms with Gasteiger partial charge in [-0.25, -0.2) is 0 Å². The molecule has 0 aliphatic heterocycles. The van der Waals surface area contributed by atoms with Gasteiger partial charge in [0, 0.05) is 18.9 Å². The molecule has 0 radical (unpaired) electrons. The standard InChI is InChI=1S/C14H20N2O3/c1-18-13-7-3-6-12(13)16-14(17)9-19-11-5-2-4-10(15)8-11/h2,4-5,8,12-13H,3,6-7,9,15H2,1H3,(H,16,17). The largest absolute Gasteiger partial charge is 0.484 e. The molecule has 3 N–H and O–H groups in total. The number of benzene rings is 1. The molecule has 1 aromatic carbocycles. The van der Waals surface area contributed by atoms with Crippen LogP contribution in [0.2, 0.25) is 0 Å². The van der Waals surface area contributed by atoms with E-state index >= 15 is 0 Å². The normalized spacial score (nSPS) is 22.2. The van der Waals surface area contributed by atoms with Gasteiger partial charge in [0.05, 0.1) is 12.1 Å². The van der Waals surface area contributed by atoms with Gasteiger partial charge in [-0.3, -0.25) is 4.79 Å². The van der Waals surface area contributed by atoms with Gasteiger partial charge < -0.3 is 20.5 Å². The van der Waals surface area contributed by atoms with Crippen molar-refractivity contribution in [2.45, 2.75) is 31.4 Å². The van der Waals surface area contributed by atoms with E-state index in [0.717, 1.165) is 19.3 Å². The molecule has 1 saturated carbocycles. The van der Waals surface area contributed by atoms with Crippen molar-refractivity contribution in [3.63, 3.8) is 0 Å². The van der Waals surface area contributed by atoms with Crippen LogP contribution in [0.1, 0.15) is 19.3 Å². The molecule has 2 atom stereocenters. The highest BCUT2D eigenvalue weighted by atomic mass is 16.5. The zero-order valence-electron chi connectivity index (χ0n) is 11.1. The number of nitrogen functional groups attached to an aromatic ring is 1. The van der Waals surface area contributed by atoms with Gasteiger partial charge in [-0.05, 0) is 31.4 Å². The number of hydrogen-bond acceptors (Lipinski definition) is 4. The number of hydrogen-bond donors (Lipinski definition) is 2. The Hall–Kier alpha value is -1.75. The second kappa shape index (κ2) is 6.43. The van der Waals surface area contributed by atoms with E-state index in [2.05, 4.69) is 5.32 Å². The van der Waals surface area contributed by atoms with Crippen LogP contribution in [0.3, 0.4) is 0 Å². The Balaban J connectivity index is 1.78. The number of carbonyl (C=O) groups excluding carboxylic acids is 1. The number of methoxy groups -OCH3 is 1. The number of nitrogens with one attached hydrogen (secondary N) is 1. The Morgan fingerprint density at radius 1 is 1.47 bits per heavy atom. The quantitative estimate of drug-likeness (QED) is 0.787. The Morgan fingerprint density at radius 3 is 3.05 bits per heavy atom. The summed E-state index contributed by atoms with van der Waals surface area (Å²) in [5, 5.41) is 2.94. The third-order valence-electron chi connectivity index (χ3n) is 3.33. The van der Waals surface area contributed by atoms with E-state index in [1.807, 2.05) is 0 Å². The van der Waals surface area contributed by atoms with Crippen LogP contribution in [0.25, 0.3) is 0 Å². The fraction of sp³-hybridized carbons (Fsp3) is 0.500. The predicted octanol–water partition coefficient (Wildman–Crippen LogP) is 1.33. The summed E-state index contributed by atoms with van der Waals surface area (Å²) in [5.74, 6) is 0.473. The number of amides is 1. The van der Waals surface area contributed by atoms with Gasteiger partial charge in [0.25, 0.3) is 5.91 Å². The lowest BCUT2D eigenvalue weighted by molar-refractivity contribution is -0.124. The van der Waals surface area contributed by atoms with Crippen molar-refractivity contribution >= 4 is 11.6 Å². The van der Waals surface area contributed by atoms with Crippen molar-refractivity contribution in [2.24, 2.45) is 0 Å². The summed E-state index contributed by atoms with van der Waals surface area (Å²) in [6, 6.07) is 7.13. The average Bonchev–Trinajstić information content (AvgIpc) is 2.84. The minimum atomic E-state index is -0.128. The molecule has 5 nitrogen and oxygen atoms in total. The molecule has 19 heavy (non-hydrogen) atoms. The molecule has 1 aromatic rings. The zero-order valence-corrected chi connectivity index (χ0v) is 11.1. The van der Waals surface area contributed by atoms with Gasteiger partial charge in [-0.15, -0.1) is 0 Å². The molecule has 1 aliphatic carbocycles. The monoisotopic (exact) mass is 264 g/mol. The first kappa shape index (κ1) is 13.7. The Kier molecular flexibility index (Phi) is 4.63. The first-order chi connectivity index (χ1) is 9.19. The molecule has 0 bridgehead atoms. The van der Waals surface area contributed by atoms with Crippen molar-refractivity contribution in [3.05, 3.63) is 24.3 Å². The van der Waals surface area contributed by atoms with Crippen molar-refractivity contribution in [1.29, 1.82) is 0 Å². The third-order valence-corrected chi connectivity index (χ3v) is 3.33. The average molecular weight is 264 g/mol. The second-order valence-corrected chi connectivity index (χ2v) is 4.74. The first-order valence-corrected chi connectivity index (χ1v) is 6.49. The first-order valence-electron chi connectivity index (χ1n) is 6.49. The summed E-state index contributed by atoms with van der Waals surface area (Å²) in [7, 11) is 1.68. The summed E-state index contributed by atoms with van der Waals surface area (Å²) >= 11 is 0. The second-order valence-electron chi connectivity index (χ2n) is 4.74. The topological polar surface area (TPSA) is 73.6 Å². The van der Waals surface area contributed by atoms with Crippen LogP contribution in [-0.2, 0) is 9.53 Å². The number of rotatable bonds is 5. The number of carbonyl (C=O) groups is 1. The van der Waals surface area contributed by atoms with E-state index in [1.54, 1.807) is 31.4 Å². The molecule has 0 aromatic heterocycles. The van der Waals surface area contributed by atoms with Crippen LogP contribution >= 0.6 is 0 Å². The Morgan fingerprint density at radius 2 is 2.32 bits per heavy atom. The molecule has 0 saturated heterocycles. The highest BCUT2D eigenvalue weighted by Crippen LogP contribution is 2.21. The molecule has 5 heteroatoms. The Bertz CT molecular complexity index is 436. The van der Waals surface area contributed by atoms with E-state index in [4.69, 9.17) is 15.2 Å². The smallest absolute Gasteiger partial charge is 0.258 e. The molecule has 0 heterocycles. The highest BCUT2D eigenvalue weighted by molar-refractivity contribution is 5.78. The zero-order chi connectivity index (χ0) is 13.7. The molecule has 2 rings (SSSR count). The van der Waals surface area contributed by atoms with Gasteiger partial charge >= 0.3 is 0 Å². The van der Waals surface area contributed by atoms with Crippen LogP contribution in [0.15, 0.2) is 24.3 Å². The van der Waals surface area contributed by atoms with Crippen LogP contribution in [0, 0.1) is 0 Å². The number of nitrogens with two attached hydrogens (primary N) is 1. The fourth-order valence-electron chi connectivity index (χ4n) is 2.37. The summed E-state index contributed by atoms with van der Waals surface area (Å²) in [4.78, 5) is 11.8. The maximum Gasteiger partial charge on any atom is 0.258 e. The van der Waals surface area contributed by atoms with Crippen LogP contribution in [0.4, 0.5) is 5.69 Å². The van der Waals surface area contributed by atoms with Crippen LogP contribution in [0.5, 0.6) is 5.75 Å². The lowest BCUT2D eigenvalue weighted by Gasteiger charge is -2.19. The van der Waals surface area contributed by atoms with Crippen LogP contribution < -0.4 is 15.8 Å². The summed E-state index contributed by atoms with van der Waals surface area (Å²) in [6.07, 6.45) is 3.16. The minimum absolute atomic E-state index is 0.00358. The van der Waals surface area contributed by atoms with Gasteiger partial charge in [0.2, 0.25) is 0 Å². The van der Waals surface area contributed by atoms with E-state index in [9.17, 15) is 4.79 Å². The molecule has 104 valence electrons. The lowest BCUT2D eigenvalue weighted by atomic mass is 10.2. The van der Waals surface area contributed by atoms with E-state index in [1.165, 1.54) is 0 Å². The maximum atomic E-state index is 11.8. The summed E-state index contributed by atoms with van der Waals surface area (Å²) in [6.45, 7) is -0.00358. The lowest BCUT2D eigenvalue weighted by Crippen LogP contribution is -2.42. The molecule has 2 unspecified atom stereocenters. The van der Waals surface area contributed by atoms with Gasteiger partial charge in [0.15, 0.2) is 6.61 Å². The molecular weight excluding hydrogens is 244 g/mol. The summed E-state index contributed by atoms with van der Waals surface area (Å²) in [5.41, 5.74) is 6.25. The van der Waals surface area contributed by atoms with Crippen LogP contribution in [-0.4, -0.2) is 31.8 Å². The predicted molar refractivity (Wildman–Crippen MR) is 72.9 cm³/mol. The number of anilines is 1. The van der Waals surface area contributed by atoms with Crippen molar-refractivity contribution in [3.8, 4) is 5.75 Å². The molecule has 1 fully saturated rings.